The second-order valence-corrected chi connectivity index (χ2v) is 22.1. The second kappa shape index (κ2) is 14.7. The summed E-state index contributed by atoms with van der Waals surface area (Å²) in [5, 5.41) is 22.6. The molecule has 9 aliphatic rings. The van der Waals surface area contributed by atoms with Crippen LogP contribution in [0.4, 0.5) is 0 Å². The molecule has 21 heteroatoms. The standard InChI is InChI=1S/C32H56N8O9S3.Ir/c41-50(42,43)21-13-20-22(24(52(47,48)49)23(21)51(44,45)46)32-39-30-19-12-6-5-11-18(19)28(37-30)35-26-15-8-2-1-7-14(15)25(33-26)34-27-16-9-3-4-10-17(16)29(36-27)38-31(20)40-32;/h14-40H,1-13H2,(H,41,42,43)(H,44,45,46)(H,47,48,49);/q;+3/p-3. The number of rotatable bonds is 3. The van der Waals surface area contributed by atoms with Gasteiger partial charge in [-0.2, -0.15) is 0 Å². The third kappa shape index (κ3) is 7.15. The Labute approximate surface area is 326 Å². The van der Waals surface area contributed by atoms with Crippen LogP contribution in [0.15, 0.2) is 0 Å². The van der Waals surface area contributed by atoms with Crippen molar-refractivity contribution in [2.75, 3.05) is 0 Å². The minimum absolute atomic E-state index is 0. The molecule has 5 heterocycles. The zero-order chi connectivity index (χ0) is 36.3. The molecule has 4 saturated carbocycles. The van der Waals surface area contributed by atoms with E-state index in [4.69, 9.17) is 0 Å². The first kappa shape index (κ1) is 39.9. The molecule has 5 aliphatic heterocycles. The third-order valence-electron chi connectivity index (χ3n) is 15.0. The maximum Gasteiger partial charge on any atom is 3.00 e. The summed E-state index contributed by atoms with van der Waals surface area (Å²) in [5.74, 6) is -0.502. The van der Waals surface area contributed by atoms with Crippen LogP contribution in [0.1, 0.15) is 83.5 Å². The molecule has 8 bridgehead atoms. The minimum atomic E-state index is -5.73. The average molecular weight is 982 g/mol. The van der Waals surface area contributed by atoms with E-state index in [1.165, 1.54) is 12.8 Å². The third-order valence-corrected chi connectivity index (χ3v) is 19.1. The van der Waals surface area contributed by atoms with E-state index in [9.17, 15) is 38.9 Å². The van der Waals surface area contributed by atoms with Crippen molar-refractivity contribution >= 4 is 30.4 Å². The van der Waals surface area contributed by atoms with Gasteiger partial charge in [-0.15, -0.1) is 0 Å². The average Bonchev–Trinajstić information content (AvgIpc) is 3.82. The van der Waals surface area contributed by atoms with Gasteiger partial charge < -0.3 is 13.7 Å². The first-order chi connectivity index (χ1) is 24.7. The van der Waals surface area contributed by atoms with Crippen molar-refractivity contribution in [2.24, 2.45) is 47.3 Å². The molecule has 0 spiro atoms. The molecule has 0 aromatic rings. The summed E-state index contributed by atoms with van der Waals surface area (Å²) in [6, 6.07) is 0. The molecule has 0 aromatic carbocycles. The van der Waals surface area contributed by atoms with Crippen molar-refractivity contribution in [1.82, 2.24) is 42.5 Å². The number of hydrogen-bond acceptors (Lipinski definition) is 17. The fourth-order valence-corrected chi connectivity index (χ4v) is 17.9. The van der Waals surface area contributed by atoms with Crippen molar-refractivity contribution in [2.45, 2.75) is 149 Å². The van der Waals surface area contributed by atoms with Gasteiger partial charge >= 0.3 is 20.1 Å². The summed E-state index contributed by atoms with van der Waals surface area (Å²) in [7, 11) is -16.9. The van der Waals surface area contributed by atoms with Crippen LogP contribution < -0.4 is 42.5 Å². The smallest absolute Gasteiger partial charge is 0.748 e. The van der Waals surface area contributed by atoms with Gasteiger partial charge in [-0.25, -0.2) is 25.3 Å². The molecule has 9 rings (SSSR count). The minimum Gasteiger partial charge on any atom is -0.748 e. The van der Waals surface area contributed by atoms with Crippen molar-refractivity contribution in [1.29, 1.82) is 0 Å². The summed E-state index contributed by atoms with van der Waals surface area (Å²) in [4.78, 5) is 0. The number of fused-ring (bicyclic) bond motifs is 20. The van der Waals surface area contributed by atoms with Gasteiger partial charge in [-0.1, -0.05) is 38.5 Å². The first-order valence-corrected chi connectivity index (χ1v) is 24.0. The van der Waals surface area contributed by atoms with Crippen molar-refractivity contribution in [3.8, 4) is 0 Å². The molecule has 4 aliphatic carbocycles. The quantitative estimate of drug-likeness (QED) is 0.145. The molecular weight excluding hydrogens is 929 g/mol. The van der Waals surface area contributed by atoms with Gasteiger partial charge in [0.05, 0.1) is 85.3 Å². The molecule has 19 atom stereocenters. The normalized spacial score (nSPS) is 51.3. The Kier molecular flexibility index (Phi) is 11.1. The van der Waals surface area contributed by atoms with E-state index in [2.05, 4.69) is 42.5 Å². The fourth-order valence-electron chi connectivity index (χ4n) is 13.0. The van der Waals surface area contributed by atoms with Crippen LogP contribution in [0.5, 0.6) is 0 Å². The zero-order valence-electron chi connectivity index (χ0n) is 29.4. The van der Waals surface area contributed by atoms with Crippen LogP contribution in [0.25, 0.3) is 0 Å². The Balaban J connectivity index is 0.00000400. The SMILES string of the molecule is O=S(=O)([O-])C1CC2C3NC4NC(NC5NC(NC6NC(NC(N3)C2C(S(=O)(=O)[O-])C1S(=O)(=O)[O-])C1CCCCC61)C1CCCCC51)C1CCCCC41.[Ir+3]. The molecule has 9 fully saturated rings. The molecular formula is C32H53IrN8O9S3. The Bertz CT molecular complexity index is 1720. The van der Waals surface area contributed by atoms with Crippen LogP contribution in [0, 0.1) is 47.3 Å². The monoisotopic (exact) mass is 982 g/mol. The maximum atomic E-state index is 13.1. The van der Waals surface area contributed by atoms with Crippen LogP contribution in [-0.4, -0.2) is 104 Å². The van der Waals surface area contributed by atoms with Gasteiger partial charge in [0.2, 0.25) is 0 Å². The predicted octanol–water partition coefficient (Wildman–Crippen LogP) is -1.83. The largest absolute Gasteiger partial charge is 3.00 e. The summed E-state index contributed by atoms with van der Waals surface area (Å²) in [6.45, 7) is 0. The Morgan fingerprint density at radius 3 is 0.887 bits per heavy atom. The molecule has 0 aromatic heterocycles. The molecule has 53 heavy (non-hydrogen) atoms. The van der Waals surface area contributed by atoms with E-state index in [-0.39, 0.29) is 80.8 Å². The van der Waals surface area contributed by atoms with Crippen LogP contribution >= 0.6 is 0 Å². The Morgan fingerprint density at radius 2 is 0.623 bits per heavy atom. The Hall–Kier alpha value is 0.0594. The van der Waals surface area contributed by atoms with Gasteiger partial charge in [0, 0.05) is 5.92 Å². The molecule has 0 radical (unpaired) electrons. The molecule has 0 amide bonds. The van der Waals surface area contributed by atoms with E-state index in [1.807, 2.05) is 0 Å². The van der Waals surface area contributed by atoms with Gasteiger partial charge in [0.15, 0.2) is 0 Å². The van der Waals surface area contributed by atoms with Gasteiger partial charge in [-0.3, -0.25) is 42.5 Å². The van der Waals surface area contributed by atoms with E-state index in [1.54, 1.807) is 0 Å². The first-order valence-electron chi connectivity index (χ1n) is 19.6. The predicted molar refractivity (Wildman–Crippen MR) is 184 cm³/mol. The summed E-state index contributed by atoms with van der Waals surface area (Å²) in [6.07, 6.45) is 9.76. The van der Waals surface area contributed by atoms with E-state index >= 15 is 0 Å². The van der Waals surface area contributed by atoms with Crippen molar-refractivity contribution in [3.05, 3.63) is 0 Å². The van der Waals surface area contributed by atoms with E-state index in [0.717, 1.165) is 64.2 Å². The fraction of sp³-hybridized carbons (Fsp3) is 1.00. The maximum absolute atomic E-state index is 13.1. The second-order valence-electron chi connectivity index (χ2n) is 17.4. The molecule has 302 valence electrons. The van der Waals surface area contributed by atoms with E-state index in [0.29, 0.717) is 11.8 Å². The van der Waals surface area contributed by atoms with Gasteiger partial charge in [0.1, 0.15) is 10.1 Å². The van der Waals surface area contributed by atoms with Crippen LogP contribution in [0.3, 0.4) is 0 Å². The molecule has 17 nitrogen and oxygen atoms in total. The summed E-state index contributed by atoms with van der Waals surface area (Å²) < 4.78 is 116. The molecule has 19 unspecified atom stereocenters. The van der Waals surface area contributed by atoms with Crippen LogP contribution in [-0.2, 0) is 50.5 Å². The van der Waals surface area contributed by atoms with Crippen molar-refractivity contribution < 1.29 is 59.0 Å². The van der Waals surface area contributed by atoms with Crippen LogP contribution in [0.2, 0.25) is 0 Å². The van der Waals surface area contributed by atoms with Gasteiger partial charge in [-0.05, 0) is 86.4 Å². The van der Waals surface area contributed by atoms with Gasteiger partial charge in [0.25, 0.3) is 0 Å². The summed E-state index contributed by atoms with van der Waals surface area (Å²) >= 11 is 0. The molecule has 5 saturated heterocycles. The Morgan fingerprint density at radius 1 is 0.358 bits per heavy atom. The summed E-state index contributed by atoms with van der Waals surface area (Å²) in [5.41, 5.74) is 0. The van der Waals surface area contributed by atoms with E-state index < -0.39 is 76.7 Å². The number of nitrogens with one attached hydrogen (secondary N) is 8. The van der Waals surface area contributed by atoms with Crippen molar-refractivity contribution in [3.63, 3.8) is 0 Å². The number of hydrogen-bond donors (Lipinski definition) is 8. The molecule has 8 N–H and O–H groups in total. The topological polar surface area (TPSA) is 268 Å². The zero-order valence-corrected chi connectivity index (χ0v) is 34.2.